The fourth-order valence-corrected chi connectivity index (χ4v) is 1.57. The first-order valence-corrected chi connectivity index (χ1v) is 5.37. The highest BCUT2D eigenvalue weighted by atomic mass is 16.5. The lowest BCUT2D eigenvalue weighted by Crippen LogP contribution is -2.35. The van der Waals surface area contributed by atoms with Gasteiger partial charge >= 0.3 is 0 Å². The van der Waals surface area contributed by atoms with E-state index in [0.29, 0.717) is 0 Å². The predicted molar refractivity (Wildman–Crippen MR) is 61.9 cm³/mol. The van der Waals surface area contributed by atoms with E-state index < -0.39 is 5.60 Å². The van der Waals surface area contributed by atoms with E-state index in [0.717, 1.165) is 12.0 Å². The van der Waals surface area contributed by atoms with Gasteiger partial charge in [-0.15, -0.1) is 0 Å². The lowest BCUT2D eigenvalue weighted by Gasteiger charge is -2.30. The average Bonchev–Trinajstić information content (AvgIpc) is 2.27. The van der Waals surface area contributed by atoms with E-state index in [1.165, 1.54) is 5.56 Å². The van der Waals surface area contributed by atoms with Gasteiger partial charge in [0.1, 0.15) is 5.60 Å². The Morgan fingerprint density at radius 3 is 2.67 bits per heavy atom. The van der Waals surface area contributed by atoms with Gasteiger partial charge in [-0.3, -0.25) is 0 Å². The van der Waals surface area contributed by atoms with Crippen LogP contribution in [0.3, 0.4) is 0 Å². The monoisotopic (exact) mass is 208 g/mol. The molecule has 84 valence electrons. The summed E-state index contributed by atoms with van der Waals surface area (Å²) in [5.74, 6) is 0. The zero-order valence-corrected chi connectivity index (χ0v) is 9.95. The van der Waals surface area contributed by atoms with Gasteiger partial charge in [0.15, 0.2) is 0 Å². The van der Waals surface area contributed by atoms with Crippen LogP contribution in [0.2, 0.25) is 0 Å². The molecule has 0 aliphatic rings. The lowest BCUT2D eigenvalue weighted by atomic mass is 9.89. The second-order valence-corrected chi connectivity index (χ2v) is 4.08. The molecule has 1 N–H and O–H groups in total. The van der Waals surface area contributed by atoms with Crippen LogP contribution < -0.4 is 0 Å². The van der Waals surface area contributed by atoms with Crippen LogP contribution in [0.5, 0.6) is 0 Å². The van der Waals surface area contributed by atoms with Gasteiger partial charge in [0.2, 0.25) is 0 Å². The Morgan fingerprint density at radius 2 is 2.13 bits per heavy atom. The van der Waals surface area contributed by atoms with Gasteiger partial charge in [-0.05, 0) is 31.4 Å². The van der Waals surface area contributed by atoms with Crippen LogP contribution in [0.15, 0.2) is 24.3 Å². The molecule has 2 unspecified atom stereocenters. The van der Waals surface area contributed by atoms with E-state index in [1.807, 2.05) is 25.1 Å². The summed E-state index contributed by atoms with van der Waals surface area (Å²) < 4.78 is 5.19. The Labute approximate surface area is 91.9 Å². The van der Waals surface area contributed by atoms with E-state index in [2.05, 4.69) is 13.0 Å². The number of aliphatic hydroxyl groups is 1. The highest BCUT2D eigenvalue weighted by Gasteiger charge is 2.30. The summed E-state index contributed by atoms with van der Waals surface area (Å²) in [7, 11) is 1.61. The van der Waals surface area contributed by atoms with Crippen molar-refractivity contribution < 1.29 is 9.84 Å². The zero-order chi connectivity index (χ0) is 11.5. The molecule has 2 atom stereocenters. The van der Waals surface area contributed by atoms with Crippen LogP contribution in [-0.2, 0) is 16.8 Å². The molecule has 0 saturated heterocycles. The van der Waals surface area contributed by atoms with Crippen molar-refractivity contribution in [1.82, 2.24) is 0 Å². The van der Waals surface area contributed by atoms with Crippen molar-refractivity contribution in [3.63, 3.8) is 0 Å². The second-order valence-electron chi connectivity index (χ2n) is 4.08. The Morgan fingerprint density at radius 1 is 1.47 bits per heavy atom. The molecule has 0 aliphatic heterocycles. The smallest absolute Gasteiger partial charge is 0.113 e. The molecule has 0 saturated carbocycles. The molecular weight excluding hydrogens is 188 g/mol. The number of aryl methyl sites for hydroxylation is 1. The van der Waals surface area contributed by atoms with Gasteiger partial charge in [-0.25, -0.2) is 0 Å². The van der Waals surface area contributed by atoms with Gasteiger partial charge in [0.05, 0.1) is 6.10 Å². The molecule has 1 aromatic carbocycles. The van der Waals surface area contributed by atoms with Crippen LogP contribution in [0, 0.1) is 0 Å². The van der Waals surface area contributed by atoms with Crippen LogP contribution in [0.1, 0.15) is 31.9 Å². The third-order valence-electron chi connectivity index (χ3n) is 3.06. The van der Waals surface area contributed by atoms with Crippen LogP contribution >= 0.6 is 0 Å². The van der Waals surface area contributed by atoms with E-state index in [9.17, 15) is 5.11 Å². The van der Waals surface area contributed by atoms with Crippen LogP contribution in [0.25, 0.3) is 0 Å². The van der Waals surface area contributed by atoms with Crippen molar-refractivity contribution in [2.24, 2.45) is 0 Å². The largest absolute Gasteiger partial charge is 0.383 e. The Hall–Kier alpha value is -0.860. The highest BCUT2D eigenvalue weighted by Crippen LogP contribution is 2.26. The molecule has 1 rings (SSSR count). The first kappa shape index (κ1) is 12.2. The Bertz CT molecular complexity index is 318. The van der Waals surface area contributed by atoms with Crippen molar-refractivity contribution in [2.75, 3.05) is 7.11 Å². The minimum Gasteiger partial charge on any atom is -0.383 e. The fourth-order valence-electron chi connectivity index (χ4n) is 1.57. The van der Waals surface area contributed by atoms with Gasteiger partial charge in [-0.1, -0.05) is 31.2 Å². The summed E-state index contributed by atoms with van der Waals surface area (Å²) >= 11 is 0. The van der Waals surface area contributed by atoms with Gasteiger partial charge in [0.25, 0.3) is 0 Å². The SMILES string of the molecule is CCc1cccc(C(C)(O)C(C)OC)c1. The molecule has 0 heterocycles. The molecule has 2 heteroatoms. The van der Waals surface area contributed by atoms with E-state index in [1.54, 1.807) is 14.0 Å². The molecule has 1 aromatic rings. The van der Waals surface area contributed by atoms with Crippen LogP contribution in [0.4, 0.5) is 0 Å². The van der Waals surface area contributed by atoms with Gasteiger partial charge in [-0.2, -0.15) is 0 Å². The molecule has 0 aromatic heterocycles. The van der Waals surface area contributed by atoms with Crippen LogP contribution in [-0.4, -0.2) is 18.3 Å². The van der Waals surface area contributed by atoms with Crippen molar-refractivity contribution in [2.45, 2.75) is 38.9 Å². The van der Waals surface area contributed by atoms with E-state index in [4.69, 9.17) is 4.74 Å². The number of methoxy groups -OCH3 is 1. The Balaban J connectivity index is 3.03. The molecule has 0 amide bonds. The molecule has 0 bridgehead atoms. The first-order chi connectivity index (χ1) is 7.02. The first-order valence-electron chi connectivity index (χ1n) is 5.37. The second kappa shape index (κ2) is 4.77. The maximum Gasteiger partial charge on any atom is 0.113 e. The number of ether oxygens (including phenoxy) is 1. The number of hydrogen-bond acceptors (Lipinski definition) is 2. The molecule has 0 radical (unpaired) electrons. The minimum absolute atomic E-state index is 0.218. The van der Waals surface area contributed by atoms with Crippen molar-refractivity contribution >= 4 is 0 Å². The molecule has 0 fully saturated rings. The topological polar surface area (TPSA) is 29.5 Å². The minimum atomic E-state index is -0.931. The standard InChI is InChI=1S/C13H20O2/c1-5-11-7-6-8-12(9-11)13(3,14)10(2)15-4/h6-10,14H,5H2,1-4H3. The maximum absolute atomic E-state index is 10.3. The molecule has 2 nitrogen and oxygen atoms in total. The summed E-state index contributed by atoms with van der Waals surface area (Å²) in [4.78, 5) is 0. The summed E-state index contributed by atoms with van der Waals surface area (Å²) in [6.07, 6.45) is 0.760. The number of rotatable bonds is 4. The zero-order valence-electron chi connectivity index (χ0n) is 9.95. The average molecular weight is 208 g/mol. The van der Waals surface area contributed by atoms with Gasteiger partial charge in [0, 0.05) is 7.11 Å². The third-order valence-corrected chi connectivity index (χ3v) is 3.06. The molecule has 0 spiro atoms. The molecular formula is C13H20O2. The van der Waals surface area contributed by atoms with E-state index >= 15 is 0 Å². The fraction of sp³-hybridized carbons (Fsp3) is 0.538. The summed E-state index contributed by atoms with van der Waals surface area (Å²) in [5.41, 5.74) is 1.22. The number of hydrogen-bond donors (Lipinski definition) is 1. The predicted octanol–water partition coefficient (Wildman–Crippen LogP) is 2.49. The molecule has 0 aliphatic carbocycles. The van der Waals surface area contributed by atoms with Crippen molar-refractivity contribution in [3.05, 3.63) is 35.4 Å². The van der Waals surface area contributed by atoms with Gasteiger partial charge < -0.3 is 9.84 Å². The van der Waals surface area contributed by atoms with Crippen molar-refractivity contribution in [1.29, 1.82) is 0 Å². The summed E-state index contributed by atoms with van der Waals surface area (Å²) in [5, 5.41) is 10.3. The Kier molecular flexibility index (Phi) is 3.89. The third kappa shape index (κ3) is 2.58. The lowest BCUT2D eigenvalue weighted by molar-refractivity contribution is -0.0772. The maximum atomic E-state index is 10.3. The molecule has 15 heavy (non-hydrogen) atoms. The number of benzene rings is 1. The summed E-state index contributed by atoms with van der Waals surface area (Å²) in [6, 6.07) is 8.02. The normalized spacial score (nSPS) is 17.1. The quantitative estimate of drug-likeness (QED) is 0.823. The van der Waals surface area contributed by atoms with E-state index in [-0.39, 0.29) is 6.10 Å². The summed E-state index contributed by atoms with van der Waals surface area (Å²) in [6.45, 7) is 5.77. The van der Waals surface area contributed by atoms with Crippen molar-refractivity contribution in [3.8, 4) is 0 Å². The highest BCUT2D eigenvalue weighted by molar-refractivity contribution is 5.28.